The third-order valence-corrected chi connectivity index (χ3v) is 5.27. The zero-order valence-electron chi connectivity index (χ0n) is 19.2. The number of alkyl carbamates (subject to hydrolysis) is 1. The lowest BCUT2D eigenvalue weighted by Crippen LogP contribution is -2.57. The van der Waals surface area contributed by atoms with E-state index < -0.39 is 41.6 Å². The molecule has 32 heavy (non-hydrogen) atoms. The van der Waals surface area contributed by atoms with Gasteiger partial charge in [0.15, 0.2) is 0 Å². The first-order chi connectivity index (χ1) is 14.8. The highest BCUT2D eigenvalue weighted by Gasteiger charge is 2.46. The van der Waals surface area contributed by atoms with E-state index in [1.54, 1.807) is 12.1 Å². The fourth-order valence-corrected chi connectivity index (χ4v) is 3.97. The van der Waals surface area contributed by atoms with Crippen molar-refractivity contribution in [2.75, 3.05) is 13.7 Å². The minimum Gasteiger partial charge on any atom is -0.488 e. The molecule has 1 N–H and O–H groups in total. The maximum Gasteiger partial charge on any atom is 0.412 e. The Hall–Kier alpha value is -2.62. The van der Waals surface area contributed by atoms with Crippen LogP contribution >= 0.6 is 15.9 Å². The molecule has 0 unspecified atom stereocenters. The molecule has 0 saturated carbocycles. The normalized spacial score (nSPS) is 19.2. The lowest BCUT2D eigenvalue weighted by Gasteiger charge is -2.34. The average Bonchev–Trinajstić information content (AvgIpc) is 3.06. The van der Waals surface area contributed by atoms with Gasteiger partial charge in [0.25, 0.3) is 0 Å². The van der Waals surface area contributed by atoms with Gasteiger partial charge in [-0.25, -0.2) is 14.6 Å². The molecule has 0 bridgehead atoms. The summed E-state index contributed by atoms with van der Waals surface area (Å²) in [7, 11) is 1.27. The second kappa shape index (κ2) is 10.3. The van der Waals surface area contributed by atoms with Crippen LogP contribution < -0.4 is 10.1 Å². The predicted molar refractivity (Wildman–Crippen MR) is 121 cm³/mol. The van der Waals surface area contributed by atoms with Gasteiger partial charge >= 0.3 is 12.1 Å². The second-order valence-electron chi connectivity index (χ2n) is 8.81. The van der Waals surface area contributed by atoms with Crippen molar-refractivity contribution >= 4 is 33.9 Å². The van der Waals surface area contributed by atoms with Crippen molar-refractivity contribution in [2.24, 2.45) is 5.41 Å². The van der Waals surface area contributed by atoms with Crippen LogP contribution in [0.1, 0.15) is 39.8 Å². The van der Waals surface area contributed by atoms with E-state index in [1.807, 2.05) is 27.7 Å². The molecule has 0 aromatic carbocycles. The van der Waals surface area contributed by atoms with E-state index in [1.165, 1.54) is 18.9 Å². The van der Waals surface area contributed by atoms with Gasteiger partial charge in [0.1, 0.15) is 28.5 Å². The monoisotopic (exact) mass is 511 g/mol. The molecule has 1 saturated heterocycles. The molecule has 3 atom stereocenters. The van der Waals surface area contributed by atoms with E-state index in [0.29, 0.717) is 10.4 Å². The van der Waals surface area contributed by atoms with Crippen LogP contribution in [0.2, 0.25) is 0 Å². The van der Waals surface area contributed by atoms with Crippen molar-refractivity contribution in [3.05, 3.63) is 34.8 Å². The van der Waals surface area contributed by atoms with Crippen molar-refractivity contribution < 1.29 is 28.6 Å². The van der Waals surface area contributed by atoms with Crippen molar-refractivity contribution in [3.8, 4) is 5.75 Å². The highest BCUT2D eigenvalue weighted by molar-refractivity contribution is 9.10. The van der Waals surface area contributed by atoms with Crippen molar-refractivity contribution in [2.45, 2.75) is 59.2 Å². The molecule has 1 fully saturated rings. The highest BCUT2D eigenvalue weighted by Crippen LogP contribution is 2.29. The SMILES string of the molecule is C=C(C)OC(=O)N[C@H](C(=O)N1C[C@H](Oc2cc(C)nc(Br)c2)C[C@H]1C(=O)OC)C(C)(C)C. The van der Waals surface area contributed by atoms with Gasteiger partial charge in [0.2, 0.25) is 5.91 Å². The number of nitrogens with zero attached hydrogens (tertiary/aromatic N) is 2. The number of aryl methyl sites for hydroxylation is 1. The van der Waals surface area contributed by atoms with Crippen LogP contribution in [0.15, 0.2) is 29.1 Å². The zero-order chi connectivity index (χ0) is 24.2. The number of hydrogen-bond donors (Lipinski definition) is 1. The Balaban J connectivity index is 2.27. The summed E-state index contributed by atoms with van der Waals surface area (Å²) >= 11 is 3.34. The molecule has 2 rings (SSSR count). The Kier molecular flexibility index (Phi) is 8.28. The van der Waals surface area contributed by atoms with Crippen LogP contribution in [-0.4, -0.2) is 59.7 Å². The number of amides is 2. The Morgan fingerprint density at radius 2 is 1.97 bits per heavy atom. The number of ether oxygens (including phenoxy) is 3. The van der Waals surface area contributed by atoms with Crippen molar-refractivity contribution in [1.29, 1.82) is 0 Å². The molecule has 1 aromatic rings. The van der Waals surface area contributed by atoms with Crippen LogP contribution in [0, 0.1) is 12.3 Å². The standard InChI is InChI=1S/C22H30BrN3O6/c1-12(2)31-21(29)25-18(22(4,5)6)19(27)26-11-15(9-16(26)20(28)30-7)32-14-8-13(3)24-17(23)10-14/h8,10,15-16,18H,1,9,11H2,2-7H3,(H,25,29)/t15-,16+,18-/m1/s1. The summed E-state index contributed by atoms with van der Waals surface area (Å²) < 4.78 is 16.6. The molecule has 1 aliphatic heterocycles. The fraction of sp³-hybridized carbons (Fsp3) is 0.545. The minimum atomic E-state index is -0.947. The summed E-state index contributed by atoms with van der Waals surface area (Å²) in [6.07, 6.45) is -0.978. The maximum absolute atomic E-state index is 13.5. The number of nitrogens with one attached hydrogen (secondary N) is 1. The van der Waals surface area contributed by atoms with Crippen LogP contribution in [0.25, 0.3) is 0 Å². The number of rotatable bonds is 6. The molecular weight excluding hydrogens is 482 g/mol. The van der Waals surface area contributed by atoms with Crippen LogP contribution in [0.4, 0.5) is 4.79 Å². The first-order valence-electron chi connectivity index (χ1n) is 10.1. The molecule has 2 amide bonds. The number of hydrogen-bond acceptors (Lipinski definition) is 7. The number of aromatic nitrogens is 1. The summed E-state index contributed by atoms with van der Waals surface area (Å²) in [5, 5.41) is 2.60. The van der Waals surface area contributed by atoms with Crippen molar-refractivity contribution in [3.63, 3.8) is 0 Å². The second-order valence-corrected chi connectivity index (χ2v) is 9.62. The lowest BCUT2D eigenvalue weighted by molar-refractivity contribution is -0.152. The van der Waals surface area contributed by atoms with Crippen LogP contribution in [-0.2, 0) is 19.1 Å². The molecule has 1 aromatic heterocycles. The number of carbonyl (C=O) groups is 3. The van der Waals surface area contributed by atoms with E-state index in [4.69, 9.17) is 14.2 Å². The van der Waals surface area contributed by atoms with E-state index >= 15 is 0 Å². The first kappa shape index (κ1) is 25.6. The van der Waals surface area contributed by atoms with E-state index in [2.05, 4.69) is 32.8 Å². The van der Waals surface area contributed by atoms with Crippen LogP contribution in [0.3, 0.4) is 0 Å². The molecule has 0 spiro atoms. The Bertz CT molecular complexity index is 878. The van der Waals surface area contributed by atoms with Gasteiger partial charge in [-0.3, -0.25) is 4.79 Å². The van der Waals surface area contributed by atoms with E-state index in [9.17, 15) is 14.4 Å². The first-order valence-corrected chi connectivity index (χ1v) is 10.9. The lowest BCUT2D eigenvalue weighted by atomic mass is 9.85. The predicted octanol–water partition coefficient (Wildman–Crippen LogP) is 3.35. The van der Waals surface area contributed by atoms with Gasteiger partial charge in [-0.15, -0.1) is 0 Å². The smallest absolute Gasteiger partial charge is 0.412 e. The molecule has 0 radical (unpaired) electrons. The number of carbonyl (C=O) groups excluding carboxylic acids is 3. The summed E-state index contributed by atoms with van der Waals surface area (Å²) in [5.41, 5.74) is 0.107. The molecule has 2 heterocycles. The van der Waals surface area contributed by atoms with E-state index in [-0.39, 0.29) is 18.7 Å². The van der Waals surface area contributed by atoms with Gasteiger partial charge in [0, 0.05) is 24.2 Å². The number of halogens is 1. The minimum absolute atomic E-state index is 0.154. The topological polar surface area (TPSA) is 107 Å². The third kappa shape index (κ3) is 6.69. The summed E-state index contributed by atoms with van der Waals surface area (Å²) in [5.74, 6) is -0.204. The average molecular weight is 512 g/mol. The Morgan fingerprint density at radius 3 is 2.50 bits per heavy atom. The molecule has 10 heteroatoms. The number of likely N-dealkylation sites (tertiary alicyclic amines) is 1. The largest absolute Gasteiger partial charge is 0.488 e. The Labute approximate surface area is 196 Å². The quantitative estimate of drug-likeness (QED) is 0.354. The van der Waals surface area contributed by atoms with Gasteiger partial charge < -0.3 is 24.4 Å². The molecule has 1 aliphatic rings. The number of methoxy groups -OCH3 is 1. The maximum atomic E-state index is 13.5. The van der Waals surface area contributed by atoms with Gasteiger partial charge in [-0.1, -0.05) is 27.4 Å². The fourth-order valence-electron chi connectivity index (χ4n) is 3.46. The molecule has 9 nitrogen and oxygen atoms in total. The number of allylic oxidation sites excluding steroid dienone is 1. The summed E-state index contributed by atoms with van der Waals surface area (Å²) in [6.45, 7) is 12.5. The highest BCUT2D eigenvalue weighted by atomic mass is 79.9. The molecule has 0 aliphatic carbocycles. The number of pyridine rings is 1. The summed E-state index contributed by atoms with van der Waals surface area (Å²) in [6, 6.07) is 1.71. The summed E-state index contributed by atoms with van der Waals surface area (Å²) in [4.78, 5) is 43.8. The third-order valence-electron chi connectivity index (χ3n) is 4.86. The van der Waals surface area contributed by atoms with Crippen molar-refractivity contribution in [1.82, 2.24) is 15.2 Å². The number of esters is 1. The van der Waals surface area contributed by atoms with E-state index in [0.717, 1.165) is 5.69 Å². The van der Waals surface area contributed by atoms with Gasteiger partial charge in [0.05, 0.1) is 19.4 Å². The molecular formula is C22H30BrN3O6. The van der Waals surface area contributed by atoms with Gasteiger partial charge in [-0.05, 0) is 35.2 Å². The van der Waals surface area contributed by atoms with Gasteiger partial charge in [-0.2, -0.15) is 0 Å². The zero-order valence-corrected chi connectivity index (χ0v) is 20.8. The molecule has 176 valence electrons. The van der Waals surface area contributed by atoms with Crippen LogP contribution in [0.5, 0.6) is 5.75 Å². The Morgan fingerprint density at radius 1 is 1.31 bits per heavy atom.